The molecule has 78 valence electrons. The molecule has 0 unspecified atom stereocenters. The summed E-state index contributed by atoms with van der Waals surface area (Å²) >= 11 is 0. The van der Waals surface area contributed by atoms with Gasteiger partial charge in [-0.3, -0.25) is 4.21 Å². The summed E-state index contributed by atoms with van der Waals surface area (Å²) < 4.78 is 11.1. The summed E-state index contributed by atoms with van der Waals surface area (Å²) in [4.78, 5) is 0. The van der Waals surface area contributed by atoms with Crippen molar-refractivity contribution in [2.75, 3.05) is 18.1 Å². The van der Waals surface area contributed by atoms with Crippen LogP contribution in [-0.4, -0.2) is 28.3 Å². The molecule has 1 N–H and O–H groups in total. The van der Waals surface area contributed by atoms with E-state index in [9.17, 15) is 4.21 Å². The molecule has 0 aromatic carbocycles. The van der Waals surface area contributed by atoms with Crippen molar-refractivity contribution >= 4 is 10.8 Å². The van der Waals surface area contributed by atoms with E-state index in [0.717, 1.165) is 36.8 Å². The molecule has 0 aromatic rings. The minimum absolute atomic E-state index is 0.515. The van der Waals surface area contributed by atoms with Crippen molar-refractivity contribution in [3.05, 3.63) is 0 Å². The SMILES string of the molecule is CC(C)CCNC1CCS(=O)CC1. The van der Waals surface area contributed by atoms with Crippen molar-refractivity contribution in [2.45, 2.75) is 39.2 Å². The summed E-state index contributed by atoms with van der Waals surface area (Å²) in [6, 6.07) is 0.636. The highest BCUT2D eigenvalue weighted by Crippen LogP contribution is 2.09. The summed E-state index contributed by atoms with van der Waals surface area (Å²) in [5, 5.41) is 3.54. The van der Waals surface area contributed by atoms with Gasteiger partial charge in [0.05, 0.1) is 0 Å². The van der Waals surface area contributed by atoms with Crippen LogP contribution in [0.25, 0.3) is 0 Å². The topological polar surface area (TPSA) is 29.1 Å². The lowest BCUT2D eigenvalue weighted by atomic mass is 10.1. The first-order chi connectivity index (χ1) is 6.18. The second-order valence-corrected chi connectivity index (χ2v) is 5.96. The molecule has 1 fully saturated rings. The van der Waals surface area contributed by atoms with Crippen LogP contribution in [-0.2, 0) is 10.8 Å². The summed E-state index contributed by atoms with van der Waals surface area (Å²) in [7, 11) is -0.515. The molecule has 0 saturated carbocycles. The Morgan fingerprint density at radius 2 is 2.00 bits per heavy atom. The molecule has 0 spiro atoms. The van der Waals surface area contributed by atoms with Gasteiger partial charge in [-0.1, -0.05) is 13.8 Å². The Bertz CT molecular complexity index is 160. The Balaban J connectivity index is 2.05. The molecule has 1 rings (SSSR count). The molecular weight excluding hydrogens is 182 g/mol. The van der Waals surface area contributed by atoms with Crippen molar-refractivity contribution in [1.29, 1.82) is 0 Å². The van der Waals surface area contributed by atoms with Gasteiger partial charge in [-0.25, -0.2) is 0 Å². The predicted octanol–water partition coefficient (Wildman–Crippen LogP) is 1.53. The van der Waals surface area contributed by atoms with Gasteiger partial charge in [-0.05, 0) is 31.7 Å². The number of nitrogens with one attached hydrogen (secondary N) is 1. The van der Waals surface area contributed by atoms with Crippen LogP contribution in [0.15, 0.2) is 0 Å². The minimum Gasteiger partial charge on any atom is -0.314 e. The maximum atomic E-state index is 11.1. The van der Waals surface area contributed by atoms with Gasteiger partial charge in [0.25, 0.3) is 0 Å². The average Bonchev–Trinajstić information content (AvgIpc) is 2.08. The van der Waals surface area contributed by atoms with Crippen molar-refractivity contribution < 1.29 is 4.21 Å². The first-order valence-electron chi connectivity index (χ1n) is 5.27. The summed E-state index contributed by atoms with van der Waals surface area (Å²) in [5.41, 5.74) is 0. The normalized spacial score (nSPS) is 29.5. The van der Waals surface area contributed by atoms with Crippen molar-refractivity contribution in [3.63, 3.8) is 0 Å². The minimum atomic E-state index is -0.515. The third-order valence-electron chi connectivity index (χ3n) is 2.54. The molecule has 0 radical (unpaired) electrons. The van der Waals surface area contributed by atoms with Gasteiger partial charge in [0.15, 0.2) is 0 Å². The van der Waals surface area contributed by atoms with Gasteiger partial charge in [0.2, 0.25) is 0 Å². The van der Waals surface area contributed by atoms with Gasteiger partial charge < -0.3 is 5.32 Å². The fourth-order valence-electron chi connectivity index (χ4n) is 1.57. The highest BCUT2D eigenvalue weighted by atomic mass is 32.2. The van der Waals surface area contributed by atoms with E-state index in [-0.39, 0.29) is 0 Å². The zero-order valence-electron chi connectivity index (χ0n) is 8.71. The third-order valence-corrected chi connectivity index (χ3v) is 3.92. The van der Waals surface area contributed by atoms with Crippen LogP contribution < -0.4 is 5.32 Å². The highest BCUT2D eigenvalue weighted by molar-refractivity contribution is 7.85. The first kappa shape index (κ1) is 11.2. The van der Waals surface area contributed by atoms with Gasteiger partial charge in [0, 0.05) is 28.3 Å². The molecular formula is C10H21NOS. The molecule has 13 heavy (non-hydrogen) atoms. The largest absolute Gasteiger partial charge is 0.314 e. The Hall–Kier alpha value is 0.110. The van der Waals surface area contributed by atoms with Crippen LogP contribution in [0.5, 0.6) is 0 Å². The Labute approximate surface area is 83.9 Å². The number of rotatable bonds is 4. The highest BCUT2D eigenvalue weighted by Gasteiger charge is 2.16. The number of hydrogen-bond acceptors (Lipinski definition) is 2. The van der Waals surface area contributed by atoms with Gasteiger partial charge in [0.1, 0.15) is 0 Å². The van der Waals surface area contributed by atoms with Crippen molar-refractivity contribution in [2.24, 2.45) is 5.92 Å². The van der Waals surface area contributed by atoms with E-state index in [0.29, 0.717) is 6.04 Å². The van der Waals surface area contributed by atoms with Crippen LogP contribution in [0.3, 0.4) is 0 Å². The molecule has 0 aromatic heterocycles. The van der Waals surface area contributed by atoms with E-state index >= 15 is 0 Å². The second-order valence-electron chi connectivity index (χ2n) is 4.26. The van der Waals surface area contributed by atoms with Crippen molar-refractivity contribution in [3.8, 4) is 0 Å². The van der Waals surface area contributed by atoms with Crippen LogP contribution >= 0.6 is 0 Å². The first-order valence-corrected chi connectivity index (χ1v) is 6.75. The van der Waals surface area contributed by atoms with Crippen LogP contribution in [0.2, 0.25) is 0 Å². The van der Waals surface area contributed by atoms with E-state index in [1.165, 1.54) is 6.42 Å². The summed E-state index contributed by atoms with van der Waals surface area (Å²) in [5.74, 6) is 2.59. The second kappa shape index (κ2) is 5.76. The zero-order valence-corrected chi connectivity index (χ0v) is 9.53. The standard InChI is InChI=1S/C10H21NOS/c1-9(2)3-6-11-10-4-7-13(12)8-5-10/h9-11H,3-8H2,1-2H3. The zero-order chi connectivity index (χ0) is 9.68. The van der Waals surface area contributed by atoms with E-state index in [4.69, 9.17) is 0 Å². The fourth-order valence-corrected chi connectivity index (χ4v) is 2.87. The molecule has 2 nitrogen and oxygen atoms in total. The lowest BCUT2D eigenvalue weighted by molar-refractivity contribution is 0.444. The van der Waals surface area contributed by atoms with Gasteiger partial charge in [-0.15, -0.1) is 0 Å². The molecule has 1 aliphatic rings. The smallest absolute Gasteiger partial charge is 0.0249 e. The Kier molecular flexibility index (Phi) is 4.96. The van der Waals surface area contributed by atoms with E-state index in [1.54, 1.807) is 0 Å². The lowest BCUT2D eigenvalue weighted by Crippen LogP contribution is -2.36. The summed E-state index contributed by atoms with van der Waals surface area (Å²) in [6.07, 6.45) is 3.45. The van der Waals surface area contributed by atoms with Gasteiger partial charge in [-0.2, -0.15) is 0 Å². The summed E-state index contributed by atoms with van der Waals surface area (Å²) in [6.45, 7) is 5.62. The lowest BCUT2D eigenvalue weighted by Gasteiger charge is -2.22. The molecule has 0 aliphatic carbocycles. The molecule has 0 amide bonds. The van der Waals surface area contributed by atoms with Crippen LogP contribution in [0.4, 0.5) is 0 Å². The Morgan fingerprint density at radius 1 is 1.38 bits per heavy atom. The quantitative estimate of drug-likeness (QED) is 0.751. The monoisotopic (exact) mass is 203 g/mol. The third kappa shape index (κ3) is 4.77. The molecule has 0 atom stereocenters. The molecule has 1 heterocycles. The number of hydrogen-bond donors (Lipinski definition) is 1. The van der Waals surface area contributed by atoms with Crippen molar-refractivity contribution in [1.82, 2.24) is 5.32 Å². The van der Waals surface area contributed by atoms with E-state index in [2.05, 4.69) is 19.2 Å². The molecule has 3 heteroatoms. The predicted molar refractivity (Wildman–Crippen MR) is 58.4 cm³/mol. The fraction of sp³-hybridized carbons (Fsp3) is 1.00. The maximum Gasteiger partial charge on any atom is 0.0249 e. The van der Waals surface area contributed by atoms with E-state index < -0.39 is 10.8 Å². The maximum absolute atomic E-state index is 11.1. The molecule has 0 bridgehead atoms. The van der Waals surface area contributed by atoms with Crippen LogP contribution in [0, 0.1) is 5.92 Å². The Morgan fingerprint density at radius 3 is 2.54 bits per heavy atom. The molecule has 1 aliphatic heterocycles. The average molecular weight is 203 g/mol. The van der Waals surface area contributed by atoms with Gasteiger partial charge >= 0.3 is 0 Å². The van der Waals surface area contributed by atoms with Crippen LogP contribution in [0.1, 0.15) is 33.1 Å². The van der Waals surface area contributed by atoms with E-state index in [1.807, 2.05) is 0 Å². The molecule has 1 saturated heterocycles.